The molecule has 0 spiro atoms. The molecule has 0 unspecified atom stereocenters. The van der Waals surface area contributed by atoms with E-state index < -0.39 is 6.67 Å². The van der Waals surface area contributed by atoms with Gasteiger partial charge in [-0.25, -0.2) is 9.07 Å². The fourth-order valence-electron chi connectivity index (χ4n) is 0.989. The zero-order chi connectivity index (χ0) is 11.3. The van der Waals surface area contributed by atoms with Crippen LogP contribution in [0.25, 0.3) is 5.70 Å². The minimum Gasteiger partial charge on any atom is -0.246 e. The summed E-state index contributed by atoms with van der Waals surface area (Å²) in [7, 11) is 0. The third kappa shape index (κ3) is 3.32. The van der Waals surface area contributed by atoms with Crippen molar-refractivity contribution >= 4 is 17.3 Å². The smallest absolute Gasteiger partial charge is 0.113 e. The summed E-state index contributed by atoms with van der Waals surface area (Å²) in [5.74, 6) is 0. The molecule has 0 aliphatic heterocycles. The lowest BCUT2D eigenvalue weighted by Gasteiger charge is -2.04. The van der Waals surface area contributed by atoms with Crippen LogP contribution in [0.3, 0.4) is 0 Å². The van der Waals surface area contributed by atoms with Crippen molar-refractivity contribution in [3.8, 4) is 0 Å². The molecule has 0 radical (unpaired) electrons. The Labute approximate surface area is 92.5 Å². The predicted octanol–water partition coefficient (Wildman–Crippen LogP) is 2.79. The van der Waals surface area contributed by atoms with Crippen LogP contribution in [-0.2, 0) is 0 Å². The van der Waals surface area contributed by atoms with Crippen molar-refractivity contribution in [3.05, 3.63) is 41.7 Å². The standard InChI is InChI=1S/C10H11ClFN3/c1-8(7-12)10(4-3-9(2)11)15-6-5-13-14-15/h3-6H,2,7H2,1H3/b4-3-,10-8+. The Morgan fingerprint density at radius 1 is 1.60 bits per heavy atom. The van der Waals surface area contributed by atoms with E-state index in [0.29, 0.717) is 16.3 Å². The number of alkyl halides is 1. The lowest BCUT2D eigenvalue weighted by molar-refractivity contribution is 0.542. The van der Waals surface area contributed by atoms with Gasteiger partial charge in [0.2, 0.25) is 0 Å². The summed E-state index contributed by atoms with van der Waals surface area (Å²) in [6.07, 6.45) is 6.39. The van der Waals surface area contributed by atoms with Crippen LogP contribution >= 0.6 is 11.6 Å². The zero-order valence-corrected chi connectivity index (χ0v) is 9.08. The molecule has 15 heavy (non-hydrogen) atoms. The largest absolute Gasteiger partial charge is 0.246 e. The van der Waals surface area contributed by atoms with E-state index in [1.165, 1.54) is 10.9 Å². The summed E-state index contributed by atoms with van der Waals surface area (Å²) in [4.78, 5) is 0. The van der Waals surface area contributed by atoms with Gasteiger partial charge < -0.3 is 0 Å². The number of halogens is 2. The summed E-state index contributed by atoms with van der Waals surface area (Å²) in [6, 6.07) is 0. The number of hydrogen-bond acceptors (Lipinski definition) is 2. The van der Waals surface area contributed by atoms with Crippen LogP contribution in [0, 0.1) is 0 Å². The second-order valence-electron chi connectivity index (χ2n) is 2.93. The normalized spacial score (nSPS) is 13.0. The van der Waals surface area contributed by atoms with Gasteiger partial charge in [-0.2, -0.15) is 0 Å². The molecular weight excluding hydrogens is 217 g/mol. The maximum absolute atomic E-state index is 12.5. The second-order valence-corrected chi connectivity index (χ2v) is 3.41. The lowest BCUT2D eigenvalue weighted by Crippen LogP contribution is -2.00. The molecule has 0 saturated carbocycles. The first-order valence-corrected chi connectivity index (χ1v) is 4.68. The highest BCUT2D eigenvalue weighted by Gasteiger charge is 2.02. The Morgan fingerprint density at radius 2 is 2.33 bits per heavy atom. The molecule has 0 saturated heterocycles. The Kier molecular flexibility index (Phi) is 4.24. The van der Waals surface area contributed by atoms with Gasteiger partial charge in [-0.05, 0) is 24.6 Å². The molecule has 0 atom stereocenters. The Balaban J connectivity index is 3.06. The molecule has 0 aliphatic carbocycles. The van der Waals surface area contributed by atoms with Crippen LogP contribution in [0.4, 0.5) is 4.39 Å². The molecule has 80 valence electrons. The maximum atomic E-state index is 12.5. The fourth-order valence-corrected chi connectivity index (χ4v) is 1.05. The fraction of sp³-hybridized carbons (Fsp3) is 0.200. The SMILES string of the molecule is C=C(Cl)/C=C\C(=C(\C)CF)n1ccnn1. The van der Waals surface area contributed by atoms with Crippen molar-refractivity contribution in [2.24, 2.45) is 0 Å². The number of allylic oxidation sites excluding steroid dienone is 5. The number of nitrogens with zero attached hydrogens (tertiary/aromatic N) is 3. The molecule has 1 rings (SSSR count). The Hall–Kier alpha value is -1.42. The average molecular weight is 228 g/mol. The summed E-state index contributed by atoms with van der Waals surface area (Å²) < 4.78 is 14.0. The summed E-state index contributed by atoms with van der Waals surface area (Å²) in [5.41, 5.74) is 1.16. The number of rotatable bonds is 4. The van der Waals surface area contributed by atoms with E-state index in [9.17, 15) is 4.39 Å². The monoisotopic (exact) mass is 227 g/mol. The number of hydrogen-bond donors (Lipinski definition) is 0. The maximum Gasteiger partial charge on any atom is 0.113 e. The van der Waals surface area contributed by atoms with Crippen molar-refractivity contribution in [2.45, 2.75) is 6.92 Å². The van der Waals surface area contributed by atoms with E-state index in [2.05, 4.69) is 16.9 Å². The molecular formula is C10H11ClFN3. The van der Waals surface area contributed by atoms with Gasteiger partial charge in [0.25, 0.3) is 0 Å². The highest BCUT2D eigenvalue weighted by atomic mass is 35.5. The van der Waals surface area contributed by atoms with Gasteiger partial charge >= 0.3 is 0 Å². The van der Waals surface area contributed by atoms with Crippen LogP contribution in [0.15, 0.2) is 41.7 Å². The molecule has 5 heteroatoms. The van der Waals surface area contributed by atoms with Gasteiger partial charge in [0.1, 0.15) is 6.67 Å². The molecule has 0 aromatic carbocycles. The minimum absolute atomic E-state index is 0.374. The molecule has 1 aromatic rings. The van der Waals surface area contributed by atoms with Crippen LogP contribution in [-0.4, -0.2) is 21.7 Å². The van der Waals surface area contributed by atoms with Gasteiger partial charge in [-0.3, -0.25) is 0 Å². The third-order valence-corrected chi connectivity index (χ3v) is 1.86. The first-order chi connectivity index (χ1) is 7.15. The Bertz CT molecular complexity index is 393. The van der Waals surface area contributed by atoms with Crippen molar-refractivity contribution in [1.29, 1.82) is 0 Å². The van der Waals surface area contributed by atoms with Crippen LogP contribution in [0.2, 0.25) is 0 Å². The first kappa shape index (κ1) is 11.7. The molecule has 0 bridgehead atoms. The summed E-state index contributed by atoms with van der Waals surface area (Å²) in [5, 5.41) is 7.81. The zero-order valence-electron chi connectivity index (χ0n) is 8.32. The number of aromatic nitrogens is 3. The van der Waals surface area contributed by atoms with Gasteiger partial charge in [-0.1, -0.05) is 23.4 Å². The molecule has 3 nitrogen and oxygen atoms in total. The van der Waals surface area contributed by atoms with Crippen molar-refractivity contribution in [1.82, 2.24) is 15.0 Å². The molecule has 0 aliphatic rings. The summed E-state index contributed by atoms with van der Waals surface area (Å²) >= 11 is 5.59. The third-order valence-electron chi connectivity index (χ3n) is 1.73. The Morgan fingerprint density at radius 3 is 2.80 bits per heavy atom. The van der Waals surface area contributed by atoms with Crippen LogP contribution < -0.4 is 0 Å². The van der Waals surface area contributed by atoms with Crippen LogP contribution in [0.5, 0.6) is 0 Å². The van der Waals surface area contributed by atoms with Crippen LogP contribution in [0.1, 0.15) is 6.92 Å². The molecule has 0 amide bonds. The van der Waals surface area contributed by atoms with Crippen molar-refractivity contribution < 1.29 is 4.39 Å². The van der Waals surface area contributed by atoms with Gasteiger partial charge in [0.05, 0.1) is 18.1 Å². The van der Waals surface area contributed by atoms with E-state index in [4.69, 9.17) is 11.6 Å². The van der Waals surface area contributed by atoms with Crippen molar-refractivity contribution in [3.63, 3.8) is 0 Å². The molecule has 0 fully saturated rings. The molecule has 1 heterocycles. The highest BCUT2D eigenvalue weighted by Crippen LogP contribution is 2.13. The quantitative estimate of drug-likeness (QED) is 0.741. The summed E-state index contributed by atoms with van der Waals surface area (Å²) in [6.45, 7) is 4.64. The van der Waals surface area contributed by atoms with E-state index in [-0.39, 0.29) is 0 Å². The van der Waals surface area contributed by atoms with Gasteiger partial charge in [0, 0.05) is 5.03 Å². The van der Waals surface area contributed by atoms with Crippen molar-refractivity contribution in [2.75, 3.05) is 6.67 Å². The van der Waals surface area contributed by atoms with E-state index >= 15 is 0 Å². The molecule has 0 N–H and O–H groups in total. The molecule has 1 aromatic heterocycles. The van der Waals surface area contributed by atoms with Gasteiger partial charge in [0.15, 0.2) is 0 Å². The first-order valence-electron chi connectivity index (χ1n) is 4.30. The van der Waals surface area contributed by atoms with Gasteiger partial charge in [-0.15, -0.1) is 5.10 Å². The van der Waals surface area contributed by atoms with E-state index in [1.807, 2.05) is 0 Å². The second kappa shape index (κ2) is 5.46. The highest BCUT2D eigenvalue weighted by molar-refractivity contribution is 6.30. The van der Waals surface area contributed by atoms with E-state index in [1.54, 1.807) is 25.3 Å². The van der Waals surface area contributed by atoms with E-state index in [0.717, 1.165) is 0 Å². The predicted molar refractivity (Wildman–Crippen MR) is 59.0 cm³/mol. The topological polar surface area (TPSA) is 30.7 Å². The average Bonchev–Trinajstić information content (AvgIpc) is 2.70. The minimum atomic E-state index is -0.547. The lowest BCUT2D eigenvalue weighted by atomic mass is 10.2.